The molecule has 2 rings (SSSR count). The fourth-order valence-electron chi connectivity index (χ4n) is 2.55. The topological polar surface area (TPSA) is 21.3 Å². The second kappa shape index (κ2) is 4.97. The van der Waals surface area contributed by atoms with Gasteiger partial charge in [-0.1, -0.05) is 27.2 Å². The molecule has 2 heterocycles. The molecule has 0 aromatic carbocycles. The number of hydrogen-bond acceptors (Lipinski definition) is 2. The Morgan fingerprint density at radius 2 is 2.23 bits per heavy atom. The van der Waals surface area contributed by atoms with Crippen LogP contribution in [0.15, 0.2) is 0 Å². The Morgan fingerprint density at radius 1 is 1.46 bits per heavy atom. The molecule has 2 nitrogen and oxygen atoms in total. The average Bonchev–Trinajstić information content (AvgIpc) is 2.80. The van der Waals surface area contributed by atoms with Gasteiger partial charge in [-0.2, -0.15) is 0 Å². The Bertz CT molecular complexity index is 136. The van der Waals surface area contributed by atoms with Crippen molar-refractivity contribution in [1.82, 2.24) is 5.32 Å². The van der Waals surface area contributed by atoms with Gasteiger partial charge in [0.15, 0.2) is 0 Å². The first-order chi connectivity index (χ1) is 6.37. The van der Waals surface area contributed by atoms with Gasteiger partial charge < -0.3 is 10.1 Å². The van der Waals surface area contributed by atoms with Crippen LogP contribution in [0.3, 0.4) is 0 Å². The minimum absolute atomic E-state index is 0.384. The van der Waals surface area contributed by atoms with Crippen LogP contribution in [-0.2, 0) is 4.74 Å². The van der Waals surface area contributed by atoms with Gasteiger partial charge in [0.25, 0.3) is 0 Å². The maximum atomic E-state index is 5.45. The molecule has 2 atom stereocenters. The van der Waals surface area contributed by atoms with E-state index >= 15 is 0 Å². The molecule has 0 radical (unpaired) electrons. The smallest absolute Gasteiger partial charge is 0.0651 e. The van der Waals surface area contributed by atoms with Crippen LogP contribution in [0.1, 0.15) is 40.0 Å². The number of ether oxygens (including phenoxy) is 1. The van der Waals surface area contributed by atoms with Crippen LogP contribution in [0.5, 0.6) is 0 Å². The van der Waals surface area contributed by atoms with Crippen LogP contribution < -0.4 is 5.32 Å². The molecule has 2 saturated heterocycles. The van der Waals surface area contributed by atoms with Gasteiger partial charge in [-0.25, -0.2) is 0 Å². The second-order valence-electron chi connectivity index (χ2n) is 3.78. The summed E-state index contributed by atoms with van der Waals surface area (Å²) in [5.74, 6) is 0.866. The summed E-state index contributed by atoms with van der Waals surface area (Å²) in [6, 6.07) is 0. The molecule has 2 aliphatic heterocycles. The van der Waals surface area contributed by atoms with Crippen LogP contribution in [0, 0.1) is 5.92 Å². The van der Waals surface area contributed by atoms with Crippen molar-refractivity contribution in [3.05, 3.63) is 0 Å². The fraction of sp³-hybridized carbons (Fsp3) is 1.00. The zero-order valence-corrected chi connectivity index (χ0v) is 9.23. The van der Waals surface area contributed by atoms with E-state index in [1.807, 2.05) is 13.8 Å². The highest BCUT2D eigenvalue weighted by molar-refractivity contribution is 5.01. The van der Waals surface area contributed by atoms with Crippen LogP contribution in [0.25, 0.3) is 0 Å². The lowest BCUT2D eigenvalue weighted by molar-refractivity contribution is 0.155. The maximum Gasteiger partial charge on any atom is 0.0651 e. The summed E-state index contributed by atoms with van der Waals surface area (Å²) in [6.07, 6.45) is 3.88. The summed E-state index contributed by atoms with van der Waals surface area (Å²) >= 11 is 0. The lowest BCUT2D eigenvalue weighted by Gasteiger charge is -2.28. The molecule has 1 N–H and O–H groups in total. The molecule has 0 saturated carbocycles. The predicted molar refractivity (Wildman–Crippen MR) is 55.9 cm³/mol. The normalized spacial score (nSPS) is 37.6. The summed E-state index contributed by atoms with van der Waals surface area (Å²) in [5.41, 5.74) is 0.384. The SMILES string of the molecule is CC.CCC1CCNC12CCOC2. The van der Waals surface area contributed by atoms with Crippen molar-refractivity contribution in [1.29, 1.82) is 0 Å². The van der Waals surface area contributed by atoms with Crippen LogP contribution >= 0.6 is 0 Å². The van der Waals surface area contributed by atoms with Gasteiger partial charge in [0.05, 0.1) is 6.61 Å². The van der Waals surface area contributed by atoms with Crippen molar-refractivity contribution in [3.8, 4) is 0 Å². The van der Waals surface area contributed by atoms with Gasteiger partial charge >= 0.3 is 0 Å². The van der Waals surface area contributed by atoms with Crippen molar-refractivity contribution in [2.24, 2.45) is 5.92 Å². The van der Waals surface area contributed by atoms with E-state index < -0.39 is 0 Å². The molecule has 2 heteroatoms. The Labute approximate surface area is 82.0 Å². The molecule has 2 unspecified atom stereocenters. The number of rotatable bonds is 1. The molecule has 0 bridgehead atoms. The average molecular weight is 185 g/mol. The van der Waals surface area contributed by atoms with E-state index in [9.17, 15) is 0 Å². The van der Waals surface area contributed by atoms with E-state index in [1.54, 1.807) is 0 Å². The highest BCUT2D eigenvalue weighted by Crippen LogP contribution is 2.35. The van der Waals surface area contributed by atoms with Crippen molar-refractivity contribution in [3.63, 3.8) is 0 Å². The highest BCUT2D eigenvalue weighted by atomic mass is 16.5. The summed E-state index contributed by atoms with van der Waals surface area (Å²) in [6.45, 7) is 9.40. The monoisotopic (exact) mass is 185 g/mol. The predicted octanol–water partition coefficient (Wildman–Crippen LogP) is 2.19. The third kappa shape index (κ3) is 2.05. The molecule has 0 aromatic heterocycles. The van der Waals surface area contributed by atoms with Crippen molar-refractivity contribution in [2.75, 3.05) is 19.8 Å². The van der Waals surface area contributed by atoms with Crippen molar-refractivity contribution >= 4 is 0 Å². The highest BCUT2D eigenvalue weighted by Gasteiger charge is 2.44. The molecule has 78 valence electrons. The van der Waals surface area contributed by atoms with Crippen LogP contribution in [-0.4, -0.2) is 25.3 Å². The molecule has 1 spiro atoms. The Morgan fingerprint density at radius 3 is 2.77 bits per heavy atom. The minimum Gasteiger partial charge on any atom is -0.379 e. The Balaban J connectivity index is 0.000000396. The van der Waals surface area contributed by atoms with E-state index in [-0.39, 0.29) is 0 Å². The first-order valence-corrected chi connectivity index (χ1v) is 5.70. The second-order valence-corrected chi connectivity index (χ2v) is 3.78. The lowest BCUT2D eigenvalue weighted by atomic mass is 9.83. The largest absolute Gasteiger partial charge is 0.379 e. The van der Waals surface area contributed by atoms with Gasteiger partial charge in [0.1, 0.15) is 0 Å². The van der Waals surface area contributed by atoms with Gasteiger partial charge in [0.2, 0.25) is 0 Å². The molecule has 0 amide bonds. The van der Waals surface area contributed by atoms with E-state index in [4.69, 9.17) is 4.74 Å². The van der Waals surface area contributed by atoms with Gasteiger partial charge in [0, 0.05) is 12.1 Å². The number of nitrogens with one attached hydrogen (secondary N) is 1. The van der Waals surface area contributed by atoms with E-state index in [0.717, 1.165) is 19.1 Å². The molecule has 2 aliphatic rings. The summed E-state index contributed by atoms with van der Waals surface area (Å²) in [5, 5.41) is 3.61. The molecule has 0 aliphatic carbocycles. The van der Waals surface area contributed by atoms with Gasteiger partial charge in [-0.15, -0.1) is 0 Å². The zero-order valence-electron chi connectivity index (χ0n) is 9.23. The Kier molecular flexibility index (Phi) is 4.20. The van der Waals surface area contributed by atoms with Crippen molar-refractivity contribution < 1.29 is 4.74 Å². The van der Waals surface area contributed by atoms with Crippen LogP contribution in [0.4, 0.5) is 0 Å². The van der Waals surface area contributed by atoms with Gasteiger partial charge in [-0.05, 0) is 25.3 Å². The molecule has 0 aromatic rings. The molecule has 13 heavy (non-hydrogen) atoms. The first-order valence-electron chi connectivity index (χ1n) is 5.70. The zero-order chi connectivity index (χ0) is 9.73. The van der Waals surface area contributed by atoms with Crippen LogP contribution in [0.2, 0.25) is 0 Å². The molecular weight excluding hydrogens is 162 g/mol. The lowest BCUT2D eigenvalue weighted by Crippen LogP contribution is -2.45. The quantitative estimate of drug-likeness (QED) is 0.676. The summed E-state index contributed by atoms with van der Waals surface area (Å²) in [7, 11) is 0. The summed E-state index contributed by atoms with van der Waals surface area (Å²) in [4.78, 5) is 0. The number of hydrogen-bond donors (Lipinski definition) is 1. The maximum absolute atomic E-state index is 5.45. The van der Waals surface area contributed by atoms with E-state index in [0.29, 0.717) is 5.54 Å². The standard InChI is InChI=1S/C9H17NO.C2H6/c1-2-8-3-5-10-9(8)4-6-11-7-9;1-2/h8,10H,2-7H2,1H3;1-2H3. The summed E-state index contributed by atoms with van der Waals surface area (Å²) < 4.78 is 5.45. The van der Waals surface area contributed by atoms with E-state index in [1.165, 1.54) is 25.8 Å². The fourth-order valence-corrected chi connectivity index (χ4v) is 2.55. The molecular formula is C11H23NO. The third-order valence-corrected chi connectivity index (χ3v) is 3.30. The van der Waals surface area contributed by atoms with Gasteiger partial charge in [-0.3, -0.25) is 0 Å². The van der Waals surface area contributed by atoms with Crippen molar-refractivity contribution in [2.45, 2.75) is 45.6 Å². The molecule has 2 fully saturated rings. The minimum atomic E-state index is 0.384. The first kappa shape index (κ1) is 11.0. The van der Waals surface area contributed by atoms with E-state index in [2.05, 4.69) is 12.2 Å². The Hall–Kier alpha value is -0.0800. The third-order valence-electron chi connectivity index (χ3n) is 3.30.